The Morgan fingerprint density at radius 1 is 0.222 bits per heavy atom. The molecule has 0 aliphatic heterocycles. The van der Waals surface area contributed by atoms with Gasteiger partial charge in [0.2, 0.25) is 0 Å². The van der Waals surface area contributed by atoms with Crippen LogP contribution in [0.15, 0.2) is 0 Å². The Labute approximate surface area is 243 Å². The van der Waals surface area contributed by atoms with Gasteiger partial charge in [-0.3, -0.25) is 0 Å². The van der Waals surface area contributed by atoms with E-state index in [1.807, 2.05) is 0 Å². The average Bonchev–Trinajstić information content (AvgIpc) is 2.89. The SMILES string of the molecule is OCCCCCCCCCCCCCCCCCCCCCCCCCCCCCCCCCCI. The summed E-state index contributed by atoms with van der Waals surface area (Å²) in [6.07, 6.45) is 46.1. The van der Waals surface area contributed by atoms with E-state index in [-0.39, 0.29) is 0 Å². The quantitative estimate of drug-likeness (QED) is 0.0440. The van der Waals surface area contributed by atoms with E-state index in [1.165, 1.54) is 203 Å². The smallest absolute Gasteiger partial charge is 0.0431 e. The lowest BCUT2D eigenvalue weighted by Gasteiger charge is -2.04. The molecule has 0 spiro atoms. The molecule has 0 saturated carbocycles. The van der Waals surface area contributed by atoms with Crippen molar-refractivity contribution < 1.29 is 5.11 Å². The summed E-state index contributed by atoms with van der Waals surface area (Å²) in [5, 5.41) is 8.78. The molecule has 0 rings (SSSR count). The zero-order valence-electron chi connectivity index (χ0n) is 24.9. The van der Waals surface area contributed by atoms with Crippen LogP contribution in [0.25, 0.3) is 0 Å². The lowest BCUT2D eigenvalue weighted by molar-refractivity contribution is 0.282. The van der Waals surface area contributed by atoms with Crippen LogP contribution in [0.3, 0.4) is 0 Å². The van der Waals surface area contributed by atoms with Gasteiger partial charge in [-0.2, -0.15) is 0 Å². The van der Waals surface area contributed by atoms with Crippen LogP contribution in [0.5, 0.6) is 0 Å². The molecule has 1 nitrogen and oxygen atoms in total. The number of rotatable bonds is 33. The molecule has 1 N–H and O–H groups in total. The summed E-state index contributed by atoms with van der Waals surface area (Å²) < 4.78 is 1.34. The molecule has 0 aliphatic carbocycles. The second kappa shape index (κ2) is 35.7. The van der Waals surface area contributed by atoms with Crippen molar-refractivity contribution in [3.05, 3.63) is 0 Å². The van der Waals surface area contributed by atoms with Gasteiger partial charge in [0, 0.05) is 6.61 Å². The number of aliphatic hydroxyl groups excluding tert-OH is 1. The van der Waals surface area contributed by atoms with Crippen molar-refractivity contribution >= 4 is 22.6 Å². The molecule has 0 fully saturated rings. The molecule has 0 heterocycles. The Hall–Kier alpha value is 0.690. The molecule has 0 aromatic heterocycles. The van der Waals surface area contributed by atoms with Crippen LogP contribution in [0.4, 0.5) is 0 Å². The second-order valence-electron chi connectivity index (χ2n) is 11.7. The van der Waals surface area contributed by atoms with Crippen molar-refractivity contribution in [3.8, 4) is 0 Å². The molecule has 0 saturated heterocycles. The van der Waals surface area contributed by atoms with E-state index in [9.17, 15) is 0 Å². The highest BCUT2D eigenvalue weighted by atomic mass is 127. The molecule has 2 heteroatoms. The van der Waals surface area contributed by atoms with Crippen LogP contribution in [-0.2, 0) is 0 Å². The van der Waals surface area contributed by atoms with Crippen molar-refractivity contribution in [1.29, 1.82) is 0 Å². The molecule has 0 atom stereocenters. The highest BCUT2D eigenvalue weighted by molar-refractivity contribution is 14.1. The minimum absolute atomic E-state index is 0.374. The summed E-state index contributed by atoms with van der Waals surface area (Å²) >= 11 is 2.50. The predicted molar refractivity (Wildman–Crippen MR) is 174 cm³/mol. The van der Waals surface area contributed by atoms with E-state index in [0.717, 1.165) is 6.42 Å². The van der Waals surface area contributed by atoms with Crippen molar-refractivity contribution in [2.45, 2.75) is 205 Å². The minimum Gasteiger partial charge on any atom is -0.396 e. The van der Waals surface area contributed by atoms with Gasteiger partial charge < -0.3 is 5.11 Å². The largest absolute Gasteiger partial charge is 0.396 e. The first-order valence-electron chi connectivity index (χ1n) is 17.1. The van der Waals surface area contributed by atoms with Gasteiger partial charge in [-0.1, -0.05) is 215 Å². The predicted octanol–water partition coefficient (Wildman–Crippen LogP) is 12.9. The van der Waals surface area contributed by atoms with Crippen molar-refractivity contribution in [2.24, 2.45) is 0 Å². The fraction of sp³-hybridized carbons (Fsp3) is 1.00. The van der Waals surface area contributed by atoms with E-state index < -0.39 is 0 Å². The molecule has 0 amide bonds. The van der Waals surface area contributed by atoms with Gasteiger partial charge in [0.1, 0.15) is 0 Å². The van der Waals surface area contributed by atoms with Crippen LogP contribution in [0.1, 0.15) is 205 Å². The molecule has 0 aliphatic rings. The number of hydrogen-bond donors (Lipinski definition) is 1. The summed E-state index contributed by atoms with van der Waals surface area (Å²) in [5.41, 5.74) is 0. The maximum atomic E-state index is 8.78. The summed E-state index contributed by atoms with van der Waals surface area (Å²) in [6, 6.07) is 0. The van der Waals surface area contributed by atoms with Crippen molar-refractivity contribution in [1.82, 2.24) is 0 Å². The summed E-state index contributed by atoms with van der Waals surface area (Å²) in [4.78, 5) is 0. The maximum Gasteiger partial charge on any atom is 0.0431 e. The molecule has 0 unspecified atom stereocenters. The molecule has 0 radical (unpaired) electrons. The molecule has 218 valence electrons. The van der Waals surface area contributed by atoms with E-state index in [1.54, 1.807) is 0 Å². The molecule has 36 heavy (non-hydrogen) atoms. The van der Waals surface area contributed by atoms with E-state index >= 15 is 0 Å². The third kappa shape index (κ3) is 34.7. The Morgan fingerprint density at radius 2 is 0.361 bits per heavy atom. The summed E-state index contributed by atoms with van der Waals surface area (Å²) in [6.45, 7) is 0.374. The Kier molecular flexibility index (Phi) is 36.4. The Bertz CT molecular complexity index is 325. The first kappa shape index (κ1) is 36.7. The lowest BCUT2D eigenvalue weighted by Crippen LogP contribution is -1.85. The Morgan fingerprint density at radius 3 is 0.500 bits per heavy atom. The summed E-state index contributed by atoms with van der Waals surface area (Å²) in [5.74, 6) is 0. The topological polar surface area (TPSA) is 20.2 Å². The molecule has 0 aromatic rings. The number of aliphatic hydroxyl groups is 1. The van der Waals surface area contributed by atoms with E-state index in [2.05, 4.69) is 22.6 Å². The van der Waals surface area contributed by atoms with Crippen LogP contribution < -0.4 is 0 Å². The number of hydrogen-bond acceptors (Lipinski definition) is 1. The minimum atomic E-state index is 0.374. The average molecular weight is 621 g/mol. The summed E-state index contributed by atoms with van der Waals surface area (Å²) in [7, 11) is 0. The third-order valence-electron chi connectivity index (χ3n) is 8.04. The third-order valence-corrected chi connectivity index (χ3v) is 8.80. The van der Waals surface area contributed by atoms with Gasteiger partial charge in [0.15, 0.2) is 0 Å². The lowest BCUT2D eigenvalue weighted by atomic mass is 10.0. The van der Waals surface area contributed by atoms with Crippen LogP contribution >= 0.6 is 22.6 Å². The highest BCUT2D eigenvalue weighted by Crippen LogP contribution is 2.16. The number of alkyl halides is 1. The van der Waals surface area contributed by atoms with Crippen molar-refractivity contribution in [2.75, 3.05) is 11.0 Å². The van der Waals surface area contributed by atoms with Gasteiger partial charge in [-0.05, 0) is 17.3 Å². The normalized spacial score (nSPS) is 11.5. The van der Waals surface area contributed by atoms with Gasteiger partial charge >= 0.3 is 0 Å². The van der Waals surface area contributed by atoms with Crippen molar-refractivity contribution in [3.63, 3.8) is 0 Å². The maximum absolute atomic E-state index is 8.78. The highest BCUT2D eigenvalue weighted by Gasteiger charge is 1.97. The van der Waals surface area contributed by atoms with Gasteiger partial charge in [-0.25, -0.2) is 0 Å². The Balaban J connectivity index is 3.00. The fourth-order valence-electron chi connectivity index (χ4n) is 5.51. The van der Waals surface area contributed by atoms with Gasteiger partial charge in [0.05, 0.1) is 0 Å². The molecule has 0 aromatic carbocycles. The first-order valence-corrected chi connectivity index (χ1v) is 18.6. The van der Waals surface area contributed by atoms with Crippen LogP contribution in [0.2, 0.25) is 0 Å². The van der Waals surface area contributed by atoms with E-state index in [4.69, 9.17) is 5.11 Å². The van der Waals surface area contributed by atoms with Crippen LogP contribution in [0, 0.1) is 0 Å². The second-order valence-corrected chi connectivity index (χ2v) is 12.8. The van der Waals surface area contributed by atoms with Crippen LogP contribution in [-0.4, -0.2) is 16.1 Å². The molecule has 0 bridgehead atoms. The monoisotopic (exact) mass is 620 g/mol. The standard InChI is InChI=1S/C34H69IO/c35-33-31-29-27-25-23-21-19-17-15-13-11-9-7-5-3-1-2-4-6-8-10-12-14-16-18-20-22-24-26-28-30-32-34-36/h36H,1-34H2. The zero-order valence-corrected chi connectivity index (χ0v) is 27.0. The van der Waals surface area contributed by atoms with E-state index in [0.29, 0.717) is 6.61 Å². The number of halogens is 1. The zero-order chi connectivity index (χ0) is 26.0. The molecular weight excluding hydrogens is 551 g/mol. The van der Waals surface area contributed by atoms with Gasteiger partial charge in [-0.15, -0.1) is 0 Å². The fourth-order valence-corrected chi connectivity index (χ4v) is 6.05. The molecular formula is C34H69IO. The number of unbranched alkanes of at least 4 members (excludes halogenated alkanes) is 31. The first-order chi connectivity index (χ1) is 17.9. The van der Waals surface area contributed by atoms with Gasteiger partial charge in [0.25, 0.3) is 0 Å².